The predicted molar refractivity (Wildman–Crippen MR) is 83.9 cm³/mol. The van der Waals surface area contributed by atoms with E-state index < -0.39 is 0 Å². The molecule has 2 aromatic carbocycles. The lowest BCUT2D eigenvalue weighted by Crippen LogP contribution is -2.14. The molecule has 0 fully saturated rings. The van der Waals surface area contributed by atoms with Crippen LogP contribution in [0.4, 0.5) is 5.69 Å². The maximum Gasteiger partial charge on any atom is 0.230 e. The average molecular weight is 296 g/mol. The van der Waals surface area contributed by atoms with Gasteiger partial charge in [0.25, 0.3) is 0 Å². The summed E-state index contributed by atoms with van der Waals surface area (Å²) >= 11 is 0. The number of hydrogen-bond donors (Lipinski definition) is 2. The molecule has 0 aliphatic carbocycles. The molecule has 112 valence electrons. The number of fused-ring (bicyclic) bond motifs is 1. The fraction of sp³-hybridized carbons (Fsp3) is 0.176. The molecular weight excluding hydrogens is 280 g/mol. The lowest BCUT2D eigenvalue weighted by Gasteiger charge is -2.04. The van der Waals surface area contributed by atoms with E-state index in [9.17, 15) is 9.90 Å². The van der Waals surface area contributed by atoms with E-state index in [-0.39, 0.29) is 18.1 Å². The number of phenols is 1. The molecule has 2 N–H and O–H groups in total. The van der Waals surface area contributed by atoms with Crippen molar-refractivity contribution < 1.29 is 14.4 Å². The fourth-order valence-corrected chi connectivity index (χ4v) is 2.47. The molecule has 1 amide bonds. The van der Waals surface area contributed by atoms with Crippen LogP contribution in [-0.2, 0) is 11.2 Å². The van der Waals surface area contributed by atoms with Crippen LogP contribution in [0.3, 0.4) is 0 Å². The number of phenolic OH excluding ortho intramolecular Hbond substituents is 1. The second kappa shape index (κ2) is 5.52. The molecule has 0 aliphatic heterocycles. The van der Waals surface area contributed by atoms with Gasteiger partial charge >= 0.3 is 0 Å². The number of hydrogen-bond acceptors (Lipinski definition) is 4. The van der Waals surface area contributed by atoms with Crippen molar-refractivity contribution in [2.75, 3.05) is 5.32 Å². The number of carbonyl (C=O) groups excluding carboxylic acids is 1. The van der Waals surface area contributed by atoms with Crippen molar-refractivity contribution in [2.45, 2.75) is 20.3 Å². The third-order valence-electron chi connectivity index (χ3n) is 3.46. The molecule has 0 saturated carbocycles. The summed E-state index contributed by atoms with van der Waals surface area (Å²) in [5.41, 5.74) is 4.08. The Kier molecular flexibility index (Phi) is 3.55. The average Bonchev–Trinajstić information content (AvgIpc) is 2.85. The van der Waals surface area contributed by atoms with Gasteiger partial charge in [-0.15, -0.1) is 0 Å². The van der Waals surface area contributed by atoms with E-state index in [1.807, 2.05) is 26.0 Å². The van der Waals surface area contributed by atoms with Crippen LogP contribution in [0.15, 0.2) is 40.9 Å². The van der Waals surface area contributed by atoms with Gasteiger partial charge in [-0.1, -0.05) is 11.2 Å². The largest absolute Gasteiger partial charge is 0.508 e. The number of aromatic nitrogens is 1. The second-order valence-electron chi connectivity index (χ2n) is 5.36. The van der Waals surface area contributed by atoms with E-state index in [2.05, 4.69) is 10.5 Å². The summed E-state index contributed by atoms with van der Waals surface area (Å²) in [4.78, 5) is 12.1. The monoisotopic (exact) mass is 296 g/mol. The van der Waals surface area contributed by atoms with Crippen LogP contribution in [-0.4, -0.2) is 16.2 Å². The summed E-state index contributed by atoms with van der Waals surface area (Å²) in [5, 5.41) is 16.9. The van der Waals surface area contributed by atoms with Crippen molar-refractivity contribution in [3.05, 3.63) is 53.2 Å². The molecule has 3 rings (SSSR count). The molecule has 5 heteroatoms. The SMILES string of the molecule is Cc1cc(C)c2onc(CC(=O)Nc3ccc(O)cc3)c2c1. The summed E-state index contributed by atoms with van der Waals surface area (Å²) in [6, 6.07) is 10.3. The van der Waals surface area contributed by atoms with Crippen molar-refractivity contribution >= 4 is 22.6 Å². The second-order valence-corrected chi connectivity index (χ2v) is 5.36. The number of benzene rings is 2. The van der Waals surface area contributed by atoms with Crippen molar-refractivity contribution in [3.63, 3.8) is 0 Å². The molecule has 22 heavy (non-hydrogen) atoms. The van der Waals surface area contributed by atoms with E-state index in [4.69, 9.17) is 4.52 Å². The van der Waals surface area contributed by atoms with Crippen LogP contribution in [0.2, 0.25) is 0 Å². The van der Waals surface area contributed by atoms with Crippen molar-refractivity contribution in [2.24, 2.45) is 0 Å². The van der Waals surface area contributed by atoms with Crippen LogP contribution in [0, 0.1) is 13.8 Å². The number of carbonyl (C=O) groups is 1. The molecule has 3 aromatic rings. The Hall–Kier alpha value is -2.82. The first kappa shape index (κ1) is 14.1. The zero-order valence-electron chi connectivity index (χ0n) is 12.4. The zero-order chi connectivity index (χ0) is 15.7. The van der Waals surface area contributed by atoms with Gasteiger partial charge in [0, 0.05) is 11.1 Å². The number of amides is 1. The van der Waals surface area contributed by atoms with Crippen LogP contribution < -0.4 is 5.32 Å². The summed E-state index contributed by atoms with van der Waals surface area (Å²) in [6.07, 6.45) is 0.136. The number of anilines is 1. The van der Waals surface area contributed by atoms with Gasteiger partial charge in [-0.05, 0) is 55.3 Å². The van der Waals surface area contributed by atoms with E-state index >= 15 is 0 Å². The van der Waals surface area contributed by atoms with Gasteiger partial charge < -0.3 is 14.9 Å². The van der Waals surface area contributed by atoms with Gasteiger partial charge in [0.05, 0.1) is 6.42 Å². The third-order valence-corrected chi connectivity index (χ3v) is 3.46. The van der Waals surface area contributed by atoms with E-state index in [1.54, 1.807) is 12.1 Å². The molecule has 5 nitrogen and oxygen atoms in total. The molecule has 0 unspecified atom stereocenters. The van der Waals surface area contributed by atoms with Crippen LogP contribution in [0.1, 0.15) is 16.8 Å². The minimum Gasteiger partial charge on any atom is -0.508 e. The molecule has 0 radical (unpaired) electrons. The lowest BCUT2D eigenvalue weighted by atomic mass is 10.1. The molecule has 0 atom stereocenters. The third kappa shape index (κ3) is 2.79. The highest BCUT2D eigenvalue weighted by Crippen LogP contribution is 2.24. The van der Waals surface area contributed by atoms with E-state index in [0.29, 0.717) is 11.4 Å². The molecule has 0 spiro atoms. The van der Waals surface area contributed by atoms with Gasteiger partial charge in [-0.25, -0.2) is 0 Å². The Bertz CT molecular complexity index is 835. The summed E-state index contributed by atoms with van der Waals surface area (Å²) in [5.74, 6) is -0.0218. The minimum atomic E-state index is -0.181. The Morgan fingerprint density at radius 3 is 2.68 bits per heavy atom. The number of aryl methyl sites for hydroxylation is 2. The number of nitrogens with one attached hydrogen (secondary N) is 1. The highest BCUT2D eigenvalue weighted by Gasteiger charge is 2.14. The normalized spacial score (nSPS) is 10.8. The highest BCUT2D eigenvalue weighted by molar-refractivity contribution is 5.95. The predicted octanol–water partition coefficient (Wildman–Crippen LogP) is 3.33. The van der Waals surface area contributed by atoms with E-state index in [0.717, 1.165) is 22.1 Å². The first-order chi connectivity index (χ1) is 10.5. The Morgan fingerprint density at radius 2 is 1.95 bits per heavy atom. The van der Waals surface area contributed by atoms with Crippen molar-refractivity contribution in [1.82, 2.24) is 5.16 Å². The molecule has 1 heterocycles. The smallest absolute Gasteiger partial charge is 0.230 e. The van der Waals surface area contributed by atoms with Gasteiger partial charge in [0.1, 0.15) is 11.4 Å². The van der Waals surface area contributed by atoms with Crippen molar-refractivity contribution in [1.29, 1.82) is 0 Å². The quantitative estimate of drug-likeness (QED) is 0.727. The van der Waals surface area contributed by atoms with Gasteiger partial charge in [0.2, 0.25) is 5.91 Å². The number of nitrogens with zero attached hydrogens (tertiary/aromatic N) is 1. The zero-order valence-corrected chi connectivity index (χ0v) is 12.4. The Balaban J connectivity index is 1.81. The number of rotatable bonds is 3. The summed E-state index contributed by atoms with van der Waals surface area (Å²) in [7, 11) is 0. The summed E-state index contributed by atoms with van der Waals surface area (Å²) in [6.45, 7) is 3.96. The van der Waals surface area contributed by atoms with Gasteiger partial charge in [-0.3, -0.25) is 4.79 Å². The molecule has 0 bridgehead atoms. The van der Waals surface area contributed by atoms with E-state index in [1.165, 1.54) is 12.1 Å². The van der Waals surface area contributed by atoms with Crippen LogP contribution >= 0.6 is 0 Å². The molecule has 1 aromatic heterocycles. The maximum absolute atomic E-state index is 12.1. The van der Waals surface area contributed by atoms with Gasteiger partial charge in [-0.2, -0.15) is 0 Å². The lowest BCUT2D eigenvalue weighted by molar-refractivity contribution is -0.115. The van der Waals surface area contributed by atoms with Crippen molar-refractivity contribution in [3.8, 4) is 5.75 Å². The standard InChI is InChI=1S/C17H16N2O3/c1-10-7-11(2)17-14(8-10)15(19-22-17)9-16(21)18-12-3-5-13(20)6-4-12/h3-8,20H,9H2,1-2H3,(H,18,21). The van der Waals surface area contributed by atoms with Gasteiger partial charge in [0.15, 0.2) is 5.58 Å². The molecular formula is C17H16N2O3. The van der Waals surface area contributed by atoms with Crippen LogP contribution in [0.5, 0.6) is 5.75 Å². The first-order valence-electron chi connectivity index (χ1n) is 6.97. The molecule has 0 aliphatic rings. The minimum absolute atomic E-state index is 0.136. The maximum atomic E-state index is 12.1. The topological polar surface area (TPSA) is 75.4 Å². The number of aromatic hydroxyl groups is 1. The Labute approximate surface area is 127 Å². The van der Waals surface area contributed by atoms with Crippen LogP contribution in [0.25, 0.3) is 11.0 Å². The Morgan fingerprint density at radius 1 is 1.23 bits per heavy atom. The fourth-order valence-electron chi connectivity index (χ4n) is 2.47. The highest BCUT2D eigenvalue weighted by atomic mass is 16.5. The first-order valence-corrected chi connectivity index (χ1v) is 6.97. The summed E-state index contributed by atoms with van der Waals surface area (Å²) < 4.78 is 5.34. The molecule has 0 saturated heterocycles.